The molecule has 0 unspecified atom stereocenters. The van der Waals surface area contributed by atoms with Crippen LogP contribution in [0.3, 0.4) is 0 Å². The molecule has 0 atom stereocenters. The van der Waals surface area contributed by atoms with Crippen LogP contribution >= 0.6 is 0 Å². The highest BCUT2D eigenvalue weighted by Crippen LogP contribution is 2.22. The van der Waals surface area contributed by atoms with Crippen molar-refractivity contribution in [2.24, 2.45) is 0 Å². The van der Waals surface area contributed by atoms with Crippen molar-refractivity contribution in [3.05, 3.63) is 66.6 Å². The van der Waals surface area contributed by atoms with Crippen LogP contribution in [0.5, 0.6) is 0 Å². The fraction of sp³-hybridized carbons (Fsp3) is 0.263. The Hall–Kier alpha value is -2.50. The van der Waals surface area contributed by atoms with Gasteiger partial charge in [0.1, 0.15) is 0 Å². The number of benzene rings is 1. The Kier molecular flexibility index (Phi) is 5.71. The molecule has 0 aliphatic rings. The normalized spacial score (nSPS) is 10.9. The molecule has 0 aliphatic heterocycles. The lowest BCUT2D eigenvalue weighted by molar-refractivity contribution is 0.194. The Bertz CT molecular complexity index is 741. The third-order valence-corrected chi connectivity index (χ3v) is 3.76. The first-order valence-corrected chi connectivity index (χ1v) is 8.12. The second-order valence-corrected chi connectivity index (χ2v) is 5.55. The summed E-state index contributed by atoms with van der Waals surface area (Å²) in [5, 5.41) is 8.24. The zero-order valence-electron chi connectivity index (χ0n) is 13.9. The lowest BCUT2D eigenvalue weighted by atomic mass is 10.1. The van der Waals surface area contributed by atoms with Gasteiger partial charge in [-0.2, -0.15) is 5.10 Å². The minimum atomic E-state index is 0.765. The monoisotopic (exact) mass is 322 g/mol. The van der Waals surface area contributed by atoms with E-state index in [1.165, 1.54) is 0 Å². The van der Waals surface area contributed by atoms with E-state index < -0.39 is 0 Å². The molecule has 5 nitrogen and oxygen atoms in total. The molecule has 2 aromatic heterocycles. The van der Waals surface area contributed by atoms with Crippen LogP contribution in [0.4, 0.5) is 0 Å². The third kappa shape index (κ3) is 4.07. The molecule has 3 rings (SSSR count). The van der Waals surface area contributed by atoms with Gasteiger partial charge in [-0.25, -0.2) is 4.68 Å². The van der Waals surface area contributed by atoms with Gasteiger partial charge in [0.25, 0.3) is 0 Å². The van der Waals surface area contributed by atoms with Crippen LogP contribution in [-0.2, 0) is 11.3 Å². The van der Waals surface area contributed by atoms with Crippen LogP contribution in [0.15, 0.2) is 61.1 Å². The number of ether oxygens (including phenoxy) is 1. The molecule has 2 heterocycles. The predicted molar refractivity (Wildman–Crippen MR) is 95.0 cm³/mol. The molecule has 0 saturated carbocycles. The molecular formula is C19H22N4O. The molecule has 0 aliphatic carbocycles. The summed E-state index contributed by atoms with van der Waals surface area (Å²) in [7, 11) is 1.73. The van der Waals surface area contributed by atoms with Gasteiger partial charge in [-0.1, -0.05) is 18.2 Å². The number of nitrogens with zero attached hydrogens (tertiary/aromatic N) is 3. The number of para-hydroxylation sites is 1. The van der Waals surface area contributed by atoms with E-state index in [9.17, 15) is 0 Å². The van der Waals surface area contributed by atoms with Gasteiger partial charge in [0.05, 0.1) is 11.4 Å². The maximum Gasteiger partial charge on any atom is 0.0988 e. The summed E-state index contributed by atoms with van der Waals surface area (Å²) in [6.07, 6.45) is 6.71. The zero-order chi connectivity index (χ0) is 16.6. The van der Waals surface area contributed by atoms with Gasteiger partial charge in [-0.05, 0) is 37.2 Å². The molecule has 5 heteroatoms. The predicted octanol–water partition coefficient (Wildman–Crippen LogP) is 3.06. The summed E-state index contributed by atoms with van der Waals surface area (Å²) in [6, 6.07) is 14.1. The lowest BCUT2D eigenvalue weighted by Crippen LogP contribution is -2.16. The summed E-state index contributed by atoms with van der Waals surface area (Å²) >= 11 is 0. The Labute approximate surface area is 142 Å². The minimum Gasteiger partial charge on any atom is -0.385 e. The highest BCUT2D eigenvalue weighted by Gasteiger charge is 2.12. The summed E-state index contributed by atoms with van der Waals surface area (Å²) in [5.74, 6) is 0. The number of aromatic nitrogens is 3. The van der Waals surface area contributed by atoms with Crippen molar-refractivity contribution in [2.75, 3.05) is 20.3 Å². The van der Waals surface area contributed by atoms with Gasteiger partial charge in [-0.3, -0.25) is 4.98 Å². The first-order chi connectivity index (χ1) is 11.9. The molecule has 1 aromatic carbocycles. The van der Waals surface area contributed by atoms with E-state index in [0.29, 0.717) is 0 Å². The molecule has 1 N–H and O–H groups in total. The molecule has 0 fully saturated rings. The van der Waals surface area contributed by atoms with Gasteiger partial charge in [0.2, 0.25) is 0 Å². The first kappa shape index (κ1) is 16.4. The third-order valence-electron chi connectivity index (χ3n) is 3.76. The second-order valence-electron chi connectivity index (χ2n) is 5.55. The zero-order valence-corrected chi connectivity index (χ0v) is 13.9. The van der Waals surface area contributed by atoms with Crippen LogP contribution < -0.4 is 5.32 Å². The maximum absolute atomic E-state index is 5.08. The maximum atomic E-state index is 5.08. The molecular weight excluding hydrogens is 300 g/mol. The van der Waals surface area contributed by atoms with Gasteiger partial charge >= 0.3 is 0 Å². The van der Waals surface area contributed by atoms with E-state index in [0.717, 1.165) is 48.6 Å². The Morgan fingerprint density at radius 3 is 2.75 bits per heavy atom. The van der Waals surface area contributed by atoms with E-state index in [-0.39, 0.29) is 0 Å². The molecule has 0 bridgehead atoms. The molecule has 0 amide bonds. The standard InChI is InChI=1S/C19H22N4O/c1-24-12-6-11-21-14-17-15-23(18-8-3-2-4-9-18)22-19(17)16-7-5-10-20-13-16/h2-5,7-10,13,15,21H,6,11-12,14H2,1H3. The van der Waals surface area contributed by atoms with Crippen molar-refractivity contribution in [1.29, 1.82) is 0 Å². The summed E-state index contributed by atoms with van der Waals surface area (Å²) < 4.78 is 7.01. The van der Waals surface area contributed by atoms with Crippen molar-refractivity contribution >= 4 is 0 Å². The number of nitrogens with one attached hydrogen (secondary N) is 1. The van der Waals surface area contributed by atoms with Crippen LogP contribution in [-0.4, -0.2) is 35.0 Å². The van der Waals surface area contributed by atoms with E-state index in [4.69, 9.17) is 9.84 Å². The van der Waals surface area contributed by atoms with E-state index in [2.05, 4.69) is 28.6 Å². The summed E-state index contributed by atoms with van der Waals surface area (Å²) in [5.41, 5.74) is 4.20. The van der Waals surface area contributed by atoms with E-state index in [1.54, 1.807) is 13.3 Å². The highest BCUT2D eigenvalue weighted by molar-refractivity contribution is 5.62. The van der Waals surface area contributed by atoms with Crippen LogP contribution in [0.2, 0.25) is 0 Å². The van der Waals surface area contributed by atoms with Crippen molar-refractivity contribution in [2.45, 2.75) is 13.0 Å². The van der Waals surface area contributed by atoms with Crippen molar-refractivity contribution in [3.8, 4) is 16.9 Å². The largest absolute Gasteiger partial charge is 0.385 e. The topological polar surface area (TPSA) is 52.0 Å². The Morgan fingerprint density at radius 1 is 1.12 bits per heavy atom. The number of hydrogen-bond acceptors (Lipinski definition) is 4. The van der Waals surface area contributed by atoms with Crippen LogP contribution in [0, 0.1) is 0 Å². The fourth-order valence-corrected chi connectivity index (χ4v) is 2.56. The van der Waals surface area contributed by atoms with Gasteiger partial charge in [0, 0.05) is 50.0 Å². The first-order valence-electron chi connectivity index (χ1n) is 8.12. The van der Waals surface area contributed by atoms with Crippen LogP contribution in [0.25, 0.3) is 16.9 Å². The number of pyridine rings is 1. The fourth-order valence-electron chi connectivity index (χ4n) is 2.56. The van der Waals surface area contributed by atoms with Gasteiger partial charge in [-0.15, -0.1) is 0 Å². The minimum absolute atomic E-state index is 0.765. The van der Waals surface area contributed by atoms with Crippen molar-refractivity contribution in [1.82, 2.24) is 20.1 Å². The molecule has 3 aromatic rings. The lowest BCUT2D eigenvalue weighted by Gasteiger charge is -2.04. The molecule has 24 heavy (non-hydrogen) atoms. The van der Waals surface area contributed by atoms with Crippen LogP contribution in [0.1, 0.15) is 12.0 Å². The molecule has 0 saturated heterocycles. The van der Waals surface area contributed by atoms with Crippen molar-refractivity contribution < 1.29 is 4.74 Å². The average molecular weight is 322 g/mol. The van der Waals surface area contributed by atoms with Crippen molar-refractivity contribution in [3.63, 3.8) is 0 Å². The number of rotatable bonds is 8. The average Bonchev–Trinajstić information content (AvgIpc) is 3.07. The summed E-state index contributed by atoms with van der Waals surface area (Å²) in [6.45, 7) is 2.45. The van der Waals surface area contributed by atoms with Gasteiger partial charge in [0.15, 0.2) is 0 Å². The molecule has 0 spiro atoms. The number of methoxy groups -OCH3 is 1. The van der Waals surface area contributed by atoms with E-state index in [1.807, 2.05) is 41.2 Å². The Morgan fingerprint density at radius 2 is 2.00 bits per heavy atom. The van der Waals surface area contributed by atoms with E-state index >= 15 is 0 Å². The number of hydrogen-bond donors (Lipinski definition) is 1. The molecule has 124 valence electrons. The smallest absolute Gasteiger partial charge is 0.0988 e. The second kappa shape index (κ2) is 8.38. The molecule has 0 radical (unpaired) electrons. The highest BCUT2D eigenvalue weighted by atomic mass is 16.5. The van der Waals surface area contributed by atoms with Gasteiger partial charge < -0.3 is 10.1 Å². The Balaban J connectivity index is 1.83. The SMILES string of the molecule is COCCCNCc1cn(-c2ccccc2)nc1-c1cccnc1. The summed E-state index contributed by atoms with van der Waals surface area (Å²) in [4.78, 5) is 4.22. The quantitative estimate of drug-likeness (QED) is 0.648.